The number of allylic oxidation sites excluding steroid dienone is 4. The highest BCUT2D eigenvalue weighted by Crippen LogP contribution is 2.28. The SMILES string of the molecule is C=CC(/C=C/c1ccc2c(c1)CCCN2C)=C\C=N\CCSSCC[n+]1ccc(/C=C/c2ccc3c(c2)CCCN3C)cc1. The highest BCUT2D eigenvalue weighted by molar-refractivity contribution is 8.76. The number of hydrogen-bond acceptors (Lipinski definition) is 5. The molecule has 0 amide bonds. The molecule has 2 aromatic carbocycles. The molecule has 0 spiro atoms. The molecule has 0 N–H and O–H groups in total. The summed E-state index contributed by atoms with van der Waals surface area (Å²) in [5.41, 5.74) is 10.5. The van der Waals surface area contributed by atoms with Crippen LogP contribution in [-0.2, 0) is 19.4 Å². The van der Waals surface area contributed by atoms with Crippen molar-refractivity contribution in [2.75, 3.05) is 55.0 Å². The predicted octanol–water partition coefficient (Wildman–Crippen LogP) is 8.19. The second-order valence-electron chi connectivity index (χ2n) is 11.4. The van der Waals surface area contributed by atoms with Gasteiger partial charge in [0.05, 0.1) is 5.75 Å². The van der Waals surface area contributed by atoms with Gasteiger partial charge in [0.15, 0.2) is 18.9 Å². The van der Waals surface area contributed by atoms with Crippen LogP contribution in [0.2, 0.25) is 0 Å². The first-order valence-electron chi connectivity index (χ1n) is 15.7. The van der Waals surface area contributed by atoms with Crippen molar-refractivity contribution in [3.63, 3.8) is 0 Å². The molecule has 228 valence electrons. The molecule has 0 aliphatic carbocycles. The van der Waals surface area contributed by atoms with E-state index in [0.717, 1.165) is 49.7 Å². The Bertz CT molecular complexity index is 1520. The molecule has 0 saturated heterocycles. The Hall–Kier alpha value is -3.48. The molecule has 1 aromatic heterocycles. The maximum atomic E-state index is 4.57. The molecule has 44 heavy (non-hydrogen) atoms. The van der Waals surface area contributed by atoms with E-state index in [1.54, 1.807) is 0 Å². The zero-order valence-corrected chi connectivity index (χ0v) is 27.8. The molecule has 4 nitrogen and oxygen atoms in total. The van der Waals surface area contributed by atoms with Gasteiger partial charge >= 0.3 is 0 Å². The monoisotopic (exact) mass is 621 g/mol. The van der Waals surface area contributed by atoms with Gasteiger partial charge in [0, 0.05) is 69.2 Å². The van der Waals surface area contributed by atoms with Crippen molar-refractivity contribution >= 4 is 57.4 Å². The van der Waals surface area contributed by atoms with E-state index >= 15 is 0 Å². The van der Waals surface area contributed by atoms with E-state index in [0.29, 0.717) is 0 Å². The molecule has 2 aliphatic heterocycles. The summed E-state index contributed by atoms with van der Waals surface area (Å²) in [6.07, 6.45) is 23.7. The van der Waals surface area contributed by atoms with Crippen LogP contribution in [0.15, 0.2) is 96.3 Å². The van der Waals surface area contributed by atoms with Crippen molar-refractivity contribution in [2.24, 2.45) is 4.99 Å². The second-order valence-corrected chi connectivity index (χ2v) is 14.1. The number of nitrogens with zero attached hydrogens (tertiary/aromatic N) is 4. The number of aryl methyl sites for hydroxylation is 3. The van der Waals surface area contributed by atoms with E-state index < -0.39 is 0 Å². The Balaban J connectivity index is 0.976. The minimum absolute atomic E-state index is 0.815. The van der Waals surface area contributed by atoms with Crippen LogP contribution in [0.3, 0.4) is 0 Å². The lowest BCUT2D eigenvalue weighted by atomic mass is 9.99. The van der Waals surface area contributed by atoms with Crippen molar-refractivity contribution < 1.29 is 4.57 Å². The number of anilines is 2. The summed E-state index contributed by atoms with van der Waals surface area (Å²) in [5.74, 6) is 2.08. The third kappa shape index (κ3) is 9.26. The van der Waals surface area contributed by atoms with Gasteiger partial charge < -0.3 is 9.80 Å². The summed E-state index contributed by atoms with van der Waals surface area (Å²) in [6, 6.07) is 18.0. The van der Waals surface area contributed by atoms with Crippen molar-refractivity contribution in [1.82, 2.24) is 0 Å². The molecule has 2 aliphatic rings. The van der Waals surface area contributed by atoms with Crippen LogP contribution in [0.25, 0.3) is 18.2 Å². The second kappa shape index (κ2) is 16.6. The zero-order chi connectivity index (χ0) is 30.6. The number of fused-ring (bicyclic) bond motifs is 2. The maximum absolute atomic E-state index is 4.57. The van der Waals surface area contributed by atoms with Gasteiger partial charge in [0.1, 0.15) is 0 Å². The van der Waals surface area contributed by atoms with Crippen LogP contribution in [0.4, 0.5) is 11.4 Å². The highest BCUT2D eigenvalue weighted by Gasteiger charge is 2.14. The smallest absolute Gasteiger partial charge is 0.169 e. The first kappa shape index (κ1) is 31.9. The number of pyridine rings is 1. The van der Waals surface area contributed by atoms with Crippen molar-refractivity contribution in [3.8, 4) is 0 Å². The zero-order valence-electron chi connectivity index (χ0n) is 26.2. The van der Waals surface area contributed by atoms with Gasteiger partial charge in [-0.25, -0.2) is 4.57 Å². The van der Waals surface area contributed by atoms with E-state index in [1.165, 1.54) is 58.5 Å². The van der Waals surface area contributed by atoms with Crippen LogP contribution >= 0.6 is 21.6 Å². The fourth-order valence-electron chi connectivity index (χ4n) is 5.69. The number of hydrogen-bond donors (Lipinski definition) is 0. The summed E-state index contributed by atoms with van der Waals surface area (Å²) in [5, 5.41) is 0. The van der Waals surface area contributed by atoms with Gasteiger partial charge in [-0.1, -0.05) is 70.7 Å². The number of rotatable bonds is 13. The predicted molar refractivity (Wildman–Crippen MR) is 197 cm³/mol. The summed E-state index contributed by atoms with van der Waals surface area (Å²) in [4.78, 5) is 9.28. The van der Waals surface area contributed by atoms with Gasteiger partial charge in [0.25, 0.3) is 0 Å². The van der Waals surface area contributed by atoms with E-state index in [9.17, 15) is 0 Å². The molecule has 0 atom stereocenters. The van der Waals surface area contributed by atoms with E-state index in [1.807, 2.05) is 40.0 Å². The summed E-state index contributed by atoms with van der Waals surface area (Å²) < 4.78 is 2.26. The Labute approximate surface area is 272 Å². The number of aliphatic imine (C=N–C) groups is 1. The Morgan fingerprint density at radius 1 is 0.818 bits per heavy atom. The Kier molecular flexibility index (Phi) is 12.0. The summed E-state index contributed by atoms with van der Waals surface area (Å²) >= 11 is 0. The van der Waals surface area contributed by atoms with Crippen LogP contribution in [-0.4, -0.2) is 51.4 Å². The van der Waals surface area contributed by atoms with Crippen LogP contribution in [0, 0.1) is 0 Å². The van der Waals surface area contributed by atoms with Crippen LogP contribution in [0.5, 0.6) is 0 Å². The van der Waals surface area contributed by atoms with Crippen LogP contribution < -0.4 is 14.4 Å². The van der Waals surface area contributed by atoms with Gasteiger partial charge in [0.2, 0.25) is 0 Å². The minimum atomic E-state index is 0.815. The fraction of sp³-hybridized carbons (Fsp3) is 0.316. The molecule has 3 heterocycles. The average molecular weight is 622 g/mol. The van der Waals surface area contributed by atoms with E-state index in [-0.39, 0.29) is 0 Å². The first-order valence-corrected chi connectivity index (χ1v) is 18.2. The number of benzene rings is 2. The fourth-order valence-corrected chi connectivity index (χ4v) is 7.54. The lowest BCUT2D eigenvalue weighted by Crippen LogP contribution is -2.33. The Morgan fingerprint density at radius 3 is 2.09 bits per heavy atom. The lowest BCUT2D eigenvalue weighted by molar-refractivity contribution is -0.692. The average Bonchev–Trinajstić information content (AvgIpc) is 3.05. The van der Waals surface area contributed by atoms with Gasteiger partial charge in [-0.05, 0) is 89.4 Å². The standard InChI is InChI=1S/C38H45N4S2/c1-4-31(9-11-33-13-15-37-35(29-33)7-5-22-40(37)2)17-20-39-21-27-43-44-28-26-42-24-18-32(19-25-42)10-12-34-14-16-38-36(30-34)8-6-23-41(38)3/h4,9-20,24-25,29-30H,1,5-8,21-23,26-28H2,2-3H3/q+1/b11-9+,31-17+,39-20+. The molecule has 0 unspecified atom stereocenters. The molecular formula is C38H45N4S2+. The molecule has 3 aromatic rings. The summed E-state index contributed by atoms with van der Waals surface area (Å²) in [6.45, 7) is 8.08. The normalized spacial score (nSPS) is 15.4. The topological polar surface area (TPSA) is 22.7 Å². The molecular weight excluding hydrogens is 577 g/mol. The lowest BCUT2D eigenvalue weighted by Gasteiger charge is -2.27. The third-order valence-corrected chi connectivity index (χ3v) is 10.6. The number of aromatic nitrogens is 1. The van der Waals surface area contributed by atoms with Gasteiger partial charge in [-0.2, -0.15) is 0 Å². The largest absolute Gasteiger partial charge is 0.374 e. The minimum Gasteiger partial charge on any atom is -0.374 e. The quantitative estimate of drug-likeness (QED) is 0.0631. The molecule has 0 radical (unpaired) electrons. The molecule has 0 saturated carbocycles. The van der Waals surface area contributed by atoms with Crippen molar-refractivity contribution in [2.45, 2.75) is 32.2 Å². The van der Waals surface area contributed by atoms with Gasteiger partial charge in [-0.15, -0.1) is 0 Å². The highest BCUT2D eigenvalue weighted by atomic mass is 33.1. The third-order valence-electron chi connectivity index (χ3n) is 8.19. The molecule has 5 rings (SSSR count). The van der Waals surface area contributed by atoms with Crippen LogP contribution in [0.1, 0.15) is 40.7 Å². The van der Waals surface area contributed by atoms with E-state index in [2.05, 4.69) is 125 Å². The molecule has 0 fully saturated rings. The van der Waals surface area contributed by atoms with E-state index in [4.69, 9.17) is 0 Å². The van der Waals surface area contributed by atoms with Gasteiger partial charge in [-0.3, -0.25) is 4.99 Å². The molecule has 6 heteroatoms. The van der Waals surface area contributed by atoms with Crippen molar-refractivity contribution in [1.29, 1.82) is 0 Å². The summed E-state index contributed by atoms with van der Waals surface area (Å²) in [7, 11) is 8.17. The first-order chi connectivity index (χ1) is 21.6. The molecule has 0 bridgehead atoms. The van der Waals surface area contributed by atoms with Crippen molar-refractivity contribution in [3.05, 3.63) is 119 Å². The Morgan fingerprint density at radius 2 is 1.43 bits per heavy atom. The maximum Gasteiger partial charge on any atom is 0.169 e.